The van der Waals surface area contributed by atoms with Gasteiger partial charge in [0.2, 0.25) is 0 Å². The molecule has 0 spiro atoms. The highest BCUT2D eigenvalue weighted by Crippen LogP contribution is 2.18. The summed E-state index contributed by atoms with van der Waals surface area (Å²) in [7, 11) is 0. The van der Waals surface area contributed by atoms with E-state index in [1.54, 1.807) is 0 Å². The second-order valence-electron chi connectivity index (χ2n) is 2.94. The number of rotatable bonds is 1. The van der Waals surface area contributed by atoms with Gasteiger partial charge in [-0.25, -0.2) is 4.79 Å². The maximum Gasteiger partial charge on any atom is 0.332 e. The highest BCUT2D eigenvalue weighted by atomic mass is 16.5. The first-order valence-corrected chi connectivity index (χ1v) is 3.63. The lowest BCUT2D eigenvalue weighted by Crippen LogP contribution is -2.39. The third kappa shape index (κ3) is 1.91. The van der Waals surface area contributed by atoms with Gasteiger partial charge in [-0.3, -0.25) is 0 Å². The monoisotopic (exact) mass is 160 g/mol. The highest BCUT2D eigenvalue weighted by Gasteiger charge is 2.30. The summed E-state index contributed by atoms with van der Waals surface area (Å²) in [6.45, 7) is 2.17. The van der Waals surface area contributed by atoms with Crippen LogP contribution in [0.2, 0.25) is 0 Å². The summed E-state index contributed by atoms with van der Waals surface area (Å²) in [5.74, 6) is -0.943. The van der Waals surface area contributed by atoms with Gasteiger partial charge in [0.05, 0.1) is 12.7 Å². The van der Waals surface area contributed by atoms with E-state index in [-0.39, 0.29) is 12.3 Å². The van der Waals surface area contributed by atoms with Crippen LogP contribution in [0.4, 0.5) is 0 Å². The van der Waals surface area contributed by atoms with E-state index in [1.807, 2.05) is 6.92 Å². The molecular weight excluding hydrogens is 148 g/mol. The number of hydrogen-bond donors (Lipinski definition) is 2. The van der Waals surface area contributed by atoms with E-state index < -0.39 is 18.2 Å². The fraction of sp³-hybridized carbons (Fsp3) is 0.857. The van der Waals surface area contributed by atoms with Gasteiger partial charge in [-0.2, -0.15) is 0 Å². The van der Waals surface area contributed by atoms with Crippen LogP contribution in [0.3, 0.4) is 0 Å². The summed E-state index contributed by atoms with van der Waals surface area (Å²) in [5, 5.41) is 17.8. The van der Waals surface area contributed by atoms with Crippen LogP contribution in [0.15, 0.2) is 0 Å². The van der Waals surface area contributed by atoms with Gasteiger partial charge in [0.1, 0.15) is 0 Å². The molecule has 11 heavy (non-hydrogen) atoms. The van der Waals surface area contributed by atoms with Crippen molar-refractivity contribution >= 4 is 5.97 Å². The van der Waals surface area contributed by atoms with Gasteiger partial charge >= 0.3 is 5.97 Å². The van der Waals surface area contributed by atoms with Crippen molar-refractivity contribution in [3.8, 4) is 0 Å². The van der Waals surface area contributed by atoms with Crippen LogP contribution in [0.25, 0.3) is 0 Å². The molecule has 0 amide bonds. The van der Waals surface area contributed by atoms with Crippen molar-refractivity contribution in [2.24, 2.45) is 5.92 Å². The number of carbonyl (C=O) groups is 1. The Morgan fingerprint density at radius 3 is 2.73 bits per heavy atom. The van der Waals surface area contributed by atoms with Crippen molar-refractivity contribution in [3.05, 3.63) is 0 Å². The maximum atomic E-state index is 10.4. The normalized spacial score (nSPS) is 38.5. The molecule has 1 rings (SSSR count). The van der Waals surface area contributed by atoms with Gasteiger partial charge < -0.3 is 14.9 Å². The molecule has 0 aromatic heterocycles. The zero-order valence-electron chi connectivity index (χ0n) is 6.36. The van der Waals surface area contributed by atoms with E-state index in [2.05, 4.69) is 0 Å². The second kappa shape index (κ2) is 3.19. The molecule has 0 aliphatic carbocycles. The minimum atomic E-state index is -0.990. The van der Waals surface area contributed by atoms with Crippen LogP contribution in [-0.2, 0) is 9.53 Å². The van der Waals surface area contributed by atoms with Crippen LogP contribution < -0.4 is 0 Å². The number of aliphatic carboxylic acids is 1. The molecule has 1 heterocycles. The predicted octanol–water partition coefficient (Wildman–Crippen LogP) is -0.143. The molecular formula is C7H12O4. The third-order valence-corrected chi connectivity index (χ3v) is 1.95. The van der Waals surface area contributed by atoms with E-state index in [0.29, 0.717) is 6.61 Å². The summed E-state index contributed by atoms with van der Waals surface area (Å²) in [4.78, 5) is 10.4. The molecule has 1 saturated heterocycles. The molecule has 0 radical (unpaired) electrons. The fourth-order valence-corrected chi connectivity index (χ4v) is 1.07. The van der Waals surface area contributed by atoms with E-state index in [9.17, 15) is 9.90 Å². The summed E-state index contributed by atoms with van der Waals surface area (Å²) >= 11 is 0. The Balaban J connectivity index is 2.46. The number of carboxylic acids is 1. The molecule has 1 aliphatic rings. The second-order valence-corrected chi connectivity index (χ2v) is 2.94. The molecule has 3 atom stereocenters. The maximum absolute atomic E-state index is 10.4. The quantitative estimate of drug-likeness (QED) is 0.560. The molecule has 4 nitrogen and oxygen atoms in total. The summed E-state index contributed by atoms with van der Waals surface area (Å²) < 4.78 is 4.96. The van der Waals surface area contributed by atoms with Crippen molar-refractivity contribution < 1.29 is 19.7 Å². The average Bonchev–Trinajstić information content (AvgIpc) is 1.94. The minimum Gasteiger partial charge on any atom is -0.479 e. The fourth-order valence-electron chi connectivity index (χ4n) is 1.07. The summed E-state index contributed by atoms with van der Waals surface area (Å²) in [5.41, 5.74) is 0. The standard InChI is InChI=1S/C7H12O4/c1-4-3-11-6(7(9)10)2-5(4)8/h4-6,8H,2-3H2,1H3,(H,9,10)/t4-,5?,6?/m0/s1. The average molecular weight is 160 g/mol. The Labute approximate surface area is 64.8 Å². The van der Waals surface area contributed by atoms with Crippen LogP contribution in [-0.4, -0.2) is 35.0 Å². The van der Waals surface area contributed by atoms with Crippen LogP contribution >= 0.6 is 0 Å². The summed E-state index contributed by atoms with van der Waals surface area (Å²) in [6, 6.07) is 0. The van der Waals surface area contributed by atoms with Crippen LogP contribution in [0.5, 0.6) is 0 Å². The van der Waals surface area contributed by atoms with Crippen molar-refractivity contribution in [2.45, 2.75) is 25.6 Å². The van der Waals surface area contributed by atoms with Gasteiger partial charge in [0.25, 0.3) is 0 Å². The lowest BCUT2D eigenvalue weighted by atomic mass is 9.97. The van der Waals surface area contributed by atoms with Crippen molar-refractivity contribution in [1.82, 2.24) is 0 Å². The molecule has 2 unspecified atom stereocenters. The largest absolute Gasteiger partial charge is 0.479 e. The van der Waals surface area contributed by atoms with Crippen molar-refractivity contribution in [3.63, 3.8) is 0 Å². The highest BCUT2D eigenvalue weighted by molar-refractivity contribution is 5.72. The first kappa shape index (κ1) is 8.49. The molecule has 1 aliphatic heterocycles. The Kier molecular flexibility index (Phi) is 2.46. The van der Waals surface area contributed by atoms with Gasteiger partial charge in [-0.1, -0.05) is 6.92 Å². The molecule has 64 valence electrons. The van der Waals surface area contributed by atoms with E-state index in [4.69, 9.17) is 9.84 Å². The SMILES string of the molecule is C[C@H]1COC(C(=O)O)CC1O. The van der Waals surface area contributed by atoms with E-state index >= 15 is 0 Å². The molecule has 1 fully saturated rings. The molecule has 2 N–H and O–H groups in total. The molecule has 0 saturated carbocycles. The summed E-state index contributed by atoms with van der Waals surface area (Å²) in [6.07, 6.45) is -1.15. The Hall–Kier alpha value is -0.610. The Morgan fingerprint density at radius 1 is 1.64 bits per heavy atom. The zero-order valence-corrected chi connectivity index (χ0v) is 6.36. The van der Waals surface area contributed by atoms with Gasteiger partial charge in [-0.15, -0.1) is 0 Å². The number of aliphatic hydroxyl groups is 1. The number of aliphatic hydroxyl groups excluding tert-OH is 1. The molecule has 0 aromatic rings. The molecule has 4 heteroatoms. The van der Waals surface area contributed by atoms with Crippen molar-refractivity contribution in [1.29, 1.82) is 0 Å². The van der Waals surface area contributed by atoms with Gasteiger partial charge in [-0.05, 0) is 0 Å². The molecule has 0 aromatic carbocycles. The number of hydrogen-bond acceptors (Lipinski definition) is 3. The van der Waals surface area contributed by atoms with Gasteiger partial charge in [0, 0.05) is 12.3 Å². The zero-order chi connectivity index (χ0) is 8.43. The minimum absolute atomic E-state index is 0.0469. The number of carboxylic acid groups (broad SMARTS) is 1. The smallest absolute Gasteiger partial charge is 0.332 e. The Morgan fingerprint density at radius 2 is 2.27 bits per heavy atom. The van der Waals surface area contributed by atoms with E-state index in [0.717, 1.165) is 0 Å². The number of ether oxygens (including phenoxy) is 1. The lowest BCUT2D eigenvalue weighted by Gasteiger charge is -2.28. The molecule has 0 bridgehead atoms. The van der Waals surface area contributed by atoms with Crippen LogP contribution in [0.1, 0.15) is 13.3 Å². The van der Waals surface area contributed by atoms with Crippen molar-refractivity contribution in [2.75, 3.05) is 6.61 Å². The van der Waals surface area contributed by atoms with Crippen LogP contribution in [0, 0.1) is 5.92 Å². The first-order valence-electron chi connectivity index (χ1n) is 3.63. The topological polar surface area (TPSA) is 66.8 Å². The first-order chi connectivity index (χ1) is 5.11. The van der Waals surface area contributed by atoms with Gasteiger partial charge in [0.15, 0.2) is 6.10 Å². The predicted molar refractivity (Wildman–Crippen MR) is 37.2 cm³/mol. The van der Waals surface area contributed by atoms with E-state index in [1.165, 1.54) is 0 Å². The Bertz CT molecular complexity index is 157. The third-order valence-electron chi connectivity index (χ3n) is 1.95. The lowest BCUT2D eigenvalue weighted by molar-refractivity contribution is -0.161.